The first kappa shape index (κ1) is 18.1. The number of carbonyl (C=O) groups is 1. The van der Waals surface area contributed by atoms with E-state index in [1.54, 1.807) is 16.6 Å². The average molecular weight is 349 g/mol. The lowest BCUT2D eigenvalue weighted by Gasteiger charge is -2.16. The normalized spacial score (nSPS) is 11.5. The molecule has 0 aliphatic carbocycles. The van der Waals surface area contributed by atoms with E-state index in [0.717, 1.165) is 12.7 Å². The van der Waals surface area contributed by atoms with Gasteiger partial charge in [0, 0.05) is 34.0 Å². The highest BCUT2D eigenvalue weighted by Gasteiger charge is 2.14. The third-order valence-corrected chi connectivity index (χ3v) is 5.08. The van der Waals surface area contributed by atoms with Crippen LogP contribution in [-0.2, 0) is 11.5 Å². The fourth-order valence-corrected chi connectivity index (χ4v) is 2.63. The fourth-order valence-electron chi connectivity index (χ4n) is 1.88. The second-order valence-electron chi connectivity index (χ2n) is 6.69. The van der Waals surface area contributed by atoms with E-state index >= 15 is 0 Å². The lowest BCUT2D eigenvalue weighted by molar-refractivity contribution is 0.0690. The van der Waals surface area contributed by atoms with Gasteiger partial charge in [0.1, 0.15) is 6.73 Å². The molecule has 0 saturated heterocycles. The molecule has 0 saturated carbocycles. The Bertz CT molecular complexity index is 698. The smallest absolute Gasteiger partial charge is 0.356 e. The van der Waals surface area contributed by atoms with Crippen molar-refractivity contribution in [1.82, 2.24) is 19.7 Å². The Labute approximate surface area is 142 Å². The topological polar surface area (TPSA) is 93.4 Å². The Morgan fingerprint density at radius 3 is 2.75 bits per heavy atom. The van der Waals surface area contributed by atoms with E-state index in [1.807, 2.05) is 12.3 Å². The molecule has 130 valence electrons. The second kappa shape index (κ2) is 7.54. The van der Waals surface area contributed by atoms with Crippen LogP contribution < -0.4 is 4.90 Å². The molecule has 2 rings (SSSR count). The van der Waals surface area contributed by atoms with E-state index < -0.39 is 14.0 Å². The lowest BCUT2D eigenvalue weighted by atomic mass is 10.4. The molecule has 0 aliphatic heterocycles. The zero-order chi connectivity index (χ0) is 17.7. The van der Waals surface area contributed by atoms with Crippen molar-refractivity contribution in [1.29, 1.82) is 0 Å². The van der Waals surface area contributed by atoms with Crippen molar-refractivity contribution in [2.75, 3.05) is 18.6 Å². The number of carboxylic acid groups (broad SMARTS) is 1. The molecule has 0 radical (unpaired) electrons. The van der Waals surface area contributed by atoms with Crippen LogP contribution in [0.5, 0.6) is 0 Å². The molecular formula is C15H23N5O3Si. The van der Waals surface area contributed by atoms with E-state index in [1.165, 1.54) is 12.4 Å². The average Bonchev–Trinajstić information content (AvgIpc) is 2.99. The maximum absolute atomic E-state index is 11.0. The number of hydrogen-bond donors (Lipinski definition) is 1. The number of ether oxygens (including phenoxy) is 1. The van der Waals surface area contributed by atoms with Crippen LogP contribution in [0.1, 0.15) is 10.5 Å². The third-order valence-electron chi connectivity index (χ3n) is 3.37. The van der Waals surface area contributed by atoms with Crippen LogP contribution in [0.25, 0.3) is 0 Å². The van der Waals surface area contributed by atoms with Crippen LogP contribution in [-0.4, -0.2) is 52.6 Å². The van der Waals surface area contributed by atoms with Crippen LogP contribution >= 0.6 is 0 Å². The summed E-state index contributed by atoms with van der Waals surface area (Å²) in [7, 11) is 0.665. The van der Waals surface area contributed by atoms with Gasteiger partial charge in [0.25, 0.3) is 0 Å². The Morgan fingerprint density at radius 2 is 2.08 bits per heavy atom. The molecule has 0 spiro atoms. The van der Waals surface area contributed by atoms with Gasteiger partial charge in [-0.3, -0.25) is 4.98 Å². The van der Waals surface area contributed by atoms with Crippen molar-refractivity contribution in [2.45, 2.75) is 32.4 Å². The first-order chi connectivity index (χ1) is 11.3. The molecule has 0 fully saturated rings. The van der Waals surface area contributed by atoms with Crippen LogP contribution in [0.2, 0.25) is 25.7 Å². The molecule has 0 aromatic carbocycles. The minimum absolute atomic E-state index is 0.103. The van der Waals surface area contributed by atoms with Gasteiger partial charge >= 0.3 is 5.97 Å². The minimum Gasteiger partial charge on any atom is -0.476 e. The SMILES string of the molecule is CN(c1cncc(C(=O)O)n1)c1ccn(COCC[Si](C)(C)C)n1. The van der Waals surface area contributed by atoms with Crippen LogP contribution in [0, 0.1) is 0 Å². The van der Waals surface area contributed by atoms with Crippen LogP contribution in [0.3, 0.4) is 0 Å². The molecule has 9 heteroatoms. The molecule has 2 aromatic rings. The monoisotopic (exact) mass is 349 g/mol. The first-order valence-electron chi connectivity index (χ1n) is 7.66. The largest absolute Gasteiger partial charge is 0.476 e. The quantitative estimate of drug-likeness (QED) is 0.578. The zero-order valence-electron chi connectivity index (χ0n) is 14.4. The van der Waals surface area contributed by atoms with Gasteiger partial charge in [-0.1, -0.05) is 19.6 Å². The summed E-state index contributed by atoms with van der Waals surface area (Å²) >= 11 is 0. The molecule has 0 amide bonds. The van der Waals surface area contributed by atoms with Crippen LogP contribution in [0.15, 0.2) is 24.7 Å². The summed E-state index contributed by atoms with van der Waals surface area (Å²) in [6, 6.07) is 2.93. The van der Waals surface area contributed by atoms with Crippen molar-refractivity contribution in [3.05, 3.63) is 30.4 Å². The lowest BCUT2D eigenvalue weighted by Crippen LogP contribution is -2.22. The number of aromatic carboxylic acids is 1. The number of nitrogens with zero attached hydrogens (tertiary/aromatic N) is 5. The van der Waals surface area contributed by atoms with Crippen molar-refractivity contribution < 1.29 is 14.6 Å². The Morgan fingerprint density at radius 1 is 1.33 bits per heavy atom. The van der Waals surface area contributed by atoms with Gasteiger partial charge in [-0.25, -0.2) is 14.5 Å². The molecule has 8 nitrogen and oxygen atoms in total. The fraction of sp³-hybridized carbons (Fsp3) is 0.467. The van der Waals surface area contributed by atoms with Crippen molar-refractivity contribution in [3.63, 3.8) is 0 Å². The van der Waals surface area contributed by atoms with Gasteiger partial charge in [-0.2, -0.15) is 5.10 Å². The maximum atomic E-state index is 11.0. The van der Waals surface area contributed by atoms with Crippen molar-refractivity contribution in [3.8, 4) is 0 Å². The molecule has 0 bridgehead atoms. The summed E-state index contributed by atoms with van der Waals surface area (Å²) < 4.78 is 7.35. The summed E-state index contributed by atoms with van der Waals surface area (Å²) in [6.07, 6.45) is 4.52. The molecule has 1 N–H and O–H groups in total. The first-order valence-corrected chi connectivity index (χ1v) is 11.4. The summed E-state index contributed by atoms with van der Waals surface area (Å²) in [5.74, 6) is -0.0560. The number of hydrogen-bond acceptors (Lipinski definition) is 6. The predicted octanol–water partition coefficient (Wildman–Crippen LogP) is 2.45. The number of anilines is 2. The number of carboxylic acids is 1. The highest BCUT2D eigenvalue weighted by molar-refractivity contribution is 6.76. The van der Waals surface area contributed by atoms with Gasteiger partial charge in [-0.15, -0.1) is 0 Å². The Balaban J connectivity index is 1.97. The molecular weight excluding hydrogens is 326 g/mol. The van der Waals surface area contributed by atoms with E-state index in [4.69, 9.17) is 9.84 Å². The zero-order valence-corrected chi connectivity index (χ0v) is 15.4. The Hall–Kier alpha value is -2.26. The van der Waals surface area contributed by atoms with Gasteiger partial charge in [0.15, 0.2) is 17.3 Å². The summed E-state index contributed by atoms with van der Waals surface area (Å²) in [5, 5.41) is 13.4. The highest BCUT2D eigenvalue weighted by atomic mass is 28.3. The molecule has 2 aromatic heterocycles. The molecule has 0 aliphatic rings. The molecule has 2 heterocycles. The third kappa shape index (κ3) is 5.13. The highest BCUT2D eigenvalue weighted by Crippen LogP contribution is 2.18. The standard InChI is InChI=1S/C15H23N5O3Si/c1-19(14-10-16-9-12(17-14)15(21)22)13-5-6-20(18-13)11-23-7-8-24(2,3)4/h5-6,9-10H,7-8,11H2,1-4H3,(H,21,22). The van der Waals surface area contributed by atoms with Gasteiger partial charge in [0.2, 0.25) is 0 Å². The minimum atomic E-state index is -1.11. The van der Waals surface area contributed by atoms with Crippen LogP contribution in [0.4, 0.5) is 11.6 Å². The number of aromatic nitrogens is 4. The summed E-state index contributed by atoms with van der Waals surface area (Å²) in [6.45, 7) is 8.04. The van der Waals surface area contributed by atoms with E-state index in [-0.39, 0.29) is 5.69 Å². The van der Waals surface area contributed by atoms with E-state index in [9.17, 15) is 4.79 Å². The molecule has 0 unspecified atom stereocenters. The molecule has 24 heavy (non-hydrogen) atoms. The second-order valence-corrected chi connectivity index (χ2v) is 12.3. The van der Waals surface area contributed by atoms with Gasteiger partial charge < -0.3 is 14.7 Å². The number of rotatable bonds is 8. The summed E-state index contributed by atoms with van der Waals surface area (Å²) in [4.78, 5) is 20.6. The van der Waals surface area contributed by atoms with Gasteiger partial charge in [0.05, 0.1) is 12.4 Å². The summed E-state index contributed by atoms with van der Waals surface area (Å²) in [5.41, 5.74) is -0.103. The van der Waals surface area contributed by atoms with Crippen molar-refractivity contribution >= 4 is 25.7 Å². The van der Waals surface area contributed by atoms with Gasteiger partial charge in [-0.05, 0) is 6.04 Å². The maximum Gasteiger partial charge on any atom is 0.356 e. The molecule has 0 atom stereocenters. The van der Waals surface area contributed by atoms with E-state index in [2.05, 4.69) is 34.7 Å². The van der Waals surface area contributed by atoms with Crippen molar-refractivity contribution in [2.24, 2.45) is 0 Å². The predicted molar refractivity (Wildman–Crippen MR) is 93.4 cm³/mol. The Kier molecular flexibility index (Phi) is 5.68. The van der Waals surface area contributed by atoms with E-state index in [0.29, 0.717) is 18.4 Å².